The number of rotatable bonds is 7. The molecule has 0 heterocycles. The van der Waals surface area contributed by atoms with E-state index in [1.54, 1.807) is 7.11 Å². The quantitative estimate of drug-likeness (QED) is 0.594. The lowest BCUT2D eigenvalue weighted by Gasteiger charge is -2.17. The molecule has 128 valence electrons. The van der Waals surface area contributed by atoms with E-state index in [2.05, 4.69) is 29.9 Å². The van der Waals surface area contributed by atoms with Crippen LogP contribution in [0.1, 0.15) is 31.7 Å². The maximum atomic E-state index is 5.40. The molecule has 0 aromatic heterocycles. The fourth-order valence-electron chi connectivity index (χ4n) is 3.00. The van der Waals surface area contributed by atoms with E-state index in [4.69, 9.17) is 9.73 Å². The van der Waals surface area contributed by atoms with Gasteiger partial charge in [-0.25, -0.2) is 0 Å². The summed E-state index contributed by atoms with van der Waals surface area (Å²) in [5.74, 6) is 1.88. The highest BCUT2D eigenvalue weighted by atomic mass is 32.2. The van der Waals surface area contributed by atoms with Gasteiger partial charge in [0.1, 0.15) is 5.75 Å². The second-order valence-corrected chi connectivity index (χ2v) is 6.97. The summed E-state index contributed by atoms with van der Waals surface area (Å²) >= 11 is 1.98. The first-order chi connectivity index (χ1) is 11.3. The molecule has 5 heteroatoms. The first kappa shape index (κ1) is 18.0. The van der Waals surface area contributed by atoms with Gasteiger partial charge in [-0.2, -0.15) is 11.8 Å². The molecule has 1 saturated carbocycles. The Morgan fingerprint density at radius 1 is 1.35 bits per heavy atom. The summed E-state index contributed by atoms with van der Waals surface area (Å²) in [6.45, 7) is 3.75. The van der Waals surface area contributed by atoms with Gasteiger partial charge < -0.3 is 15.4 Å². The third kappa shape index (κ3) is 5.65. The Balaban J connectivity index is 1.88. The number of guanidine groups is 1. The number of methoxy groups -OCH3 is 1. The zero-order chi connectivity index (χ0) is 16.5. The third-order valence-electron chi connectivity index (χ3n) is 4.25. The van der Waals surface area contributed by atoms with Crippen molar-refractivity contribution in [1.82, 2.24) is 10.6 Å². The van der Waals surface area contributed by atoms with Crippen LogP contribution in [0.25, 0.3) is 0 Å². The summed E-state index contributed by atoms with van der Waals surface area (Å²) in [5, 5.41) is 7.74. The van der Waals surface area contributed by atoms with Gasteiger partial charge in [-0.05, 0) is 50.5 Å². The number of aliphatic imine (C=N–C) groups is 1. The molecule has 1 aromatic carbocycles. The van der Waals surface area contributed by atoms with Gasteiger partial charge in [0, 0.05) is 24.4 Å². The molecule has 0 amide bonds. The van der Waals surface area contributed by atoms with Crippen LogP contribution >= 0.6 is 11.8 Å². The summed E-state index contributed by atoms with van der Waals surface area (Å²) < 4.78 is 5.40. The Morgan fingerprint density at radius 2 is 2.17 bits per heavy atom. The molecule has 1 aliphatic carbocycles. The molecule has 0 radical (unpaired) electrons. The molecule has 1 fully saturated rings. The molecular formula is C18H29N3OS. The van der Waals surface area contributed by atoms with Crippen molar-refractivity contribution in [3.05, 3.63) is 29.8 Å². The van der Waals surface area contributed by atoms with Crippen LogP contribution in [0.5, 0.6) is 5.75 Å². The van der Waals surface area contributed by atoms with Crippen molar-refractivity contribution in [2.24, 2.45) is 4.99 Å². The van der Waals surface area contributed by atoms with Crippen LogP contribution in [0, 0.1) is 0 Å². The summed E-state index contributed by atoms with van der Waals surface area (Å²) in [4.78, 5) is 4.73. The highest BCUT2D eigenvalue weighted by Gasteiger charge is 2.24. The van der Waals surface area contributed by atoms with Crippen LogP contribution in [0.3, 0.4) is 0 Å². The minimum absolute atomic E-state index is 0.552. The first-order valence-electron chi connectivity index (χ1n) is 8.46. The van der Waals surface area contributed by atoms with Gasteiger partial charge in [0.05, 0.1) is 7.11 Å². The van der Waals surface area contributed by atoms with Crippen molar-refractivity contribution < 1.29 is 4.74 Å². The minimum Gasteiger partial charge on any atom is -0.496 e. The molecule has 0 bridgehead atoms. The van der Waals surface area contributed by atoms with Crippen LogP contribution in [0.15, 0.2) is 29.3 Å². The molecule has 0 aliphatic heterocycles. The van der Waals surface area contributed by atoms with Crippen molar-refractivity contribution in [2.45, 2.75) is 43.9 Å². The molecule has 4 nitrogen and oxygen atoms in total. The Hall–Kier alpha value is -1.36. The van der Waals surface area contributed by atoms with Crippen molar-refractivity contribution in [3.63, 3.8) is 0 Å². The third-order valence-corrected chi connectivity index (χ3v) is 5.34. The van der Waals surface area contributed by atoms with Crippen LogP contribution < -0.4 is 15.4 Å². The molecule has 1 aromatic rings. The van der Waals surface area contributed by atoms with Gasteiger partial charge in [0.15, 0.2) is 5.96 Å². The van der Waals surface area contributed by atoms with E-state index in [-0.39, 0.29) is 0 Å². The van der Waals surface area contributed by atoms with Crippen molar-refractivity contribution in [1.29, 1.82) is 0 Å². The SMILES string of the molecule is CCNC(=NCCc1ccccc1OC)NC1CCC(SC)C1. The van der Waals surface area contributed by atoms with Crippen LogP contribution in [-0.4, -0.2) is 43.7 Å². The fraction of sp³-hybridized carbons (Fsp3) is 0.611. The van der Waals surface area contributed by atoms with E-state index in [0.717, 1.165) is 36.5 Å². The highest BCUT2D eigenvalue weighted by molar-refractivity contribution is 7.99. The molecule has 2 atom stereocenters. The Morgan fingerprint density at radius 3 is 2.87 bits per heavy atom. The van der Waals surface area contributed by atoms with E-state index in [1.807, 2.05) is 30.0 Å². The van der Waals surface area contributed by atoms with Gasteiger partial charge in [-0.15, -0.1) is 0 Å². The average Bonchev–Trinajstić information content (AvgIpc) is 3.03. The van der Waals surface area contributed by atoms with E-state index in [1.165, 1.54) is 24.8 Å². The number of hydrogen-bond donors (Lipinski definition) is 2. The summed E-state index contributed by atoms with van der Waals surface area (Å²) in [6.07, 6.45) is 6.87. The van der Waals surface area contributed by atoms with Gasteiger partial charge in [0.2, 0.25) is 0 Å². The van der Waals surface area contributed by atoms with Crippen molar-refractivity contribution in [3.8, 4) is 5.75 Å². The second kappa shape index (κ2) is 9.71. The van der Waals surface area contributed by atoms with E-state index in [9.17, 15) is 0 Å². The van der Waals surface area contributed by atoms with Crippen LogP contribution in [0.4, 0.5) is 0 Å². The Kier molecular flexibility index (Phi) is 7.59. The summed E-state index contributed by atoms with van der Waals surface area (Å²) in [6, 6.07) is 8.71. The number of nitrogens with zero attached hydrogens (tertiary/aromatic N) is 1. The number of thioether (sulfide) groups is 1. The summed E-state index contributed by atoms with van der Waals surface area (Å²) in [7, 11) is 1.72. The molecule has 2 unspecified atom stereocenters. The second-order valence-electron chi connectivity index (χ2n) is 5.83. The standard InChI is InChI=1S/C18H29N3OS/c1-4-19-18(21-15-9-10-16(13-15)23-3)20-12-11-14-7-5-6-8-17(14)22-2/h5-8,15-16H,4,9-13H2,1-3H3,(H2,19,20,21). The average molecular weight is 336 g/mol. The molecule has 0 spiro atoms. The predicted molar refractivity (Wildman–Crippen MR) is 101 cm³/mol. The molecule has 2 rings (SSSR count). The fourth-order valence-corrected chi connectivity index (χ4v) is 3.79. The molecule has 1 aliphatic rings. The van der Waals surface area contributed by atoms with E-state index in [0.29, 0.717) is 6.04 Å². The lowest BCUT2D eigenvalue weighted by atomic mass is 10.1. The molecular weight excluding hydrogens is 306 g/mol. The lowest BCUT2D eigenvalue weighted by molar-refractivity contribution is 0.410. The zero-order valence-corrected chi connectivity index (χ0v) is 15.3. The topological polar surface area (TPSA) is 45.7 Å². The highest BCUT2D eigenvalue weighted by Crippen LogP contribution is 2.28. The Bertz CT molecular complexity index is 507. The first-order valence-corrected chi connectivity index (χ1v) is 9.75. The smallest absolute Gasteiger partial charge is 0.191 e. The Labute approximate surface area is 144 Å². The predicted octanol–water partition coefficient (Wildman–Crippen LogP) is 3.08. The number of hydrogen-bond acceptors (Lipinski definition) is 3. The van der Waals surface area contributed by atoms with E-state index >= 15 is 0 Å². The largest absolute Gasteiger partial charge is 0.496 e. The van der Waals surface area contributed by atoms with Crippen molar-refractivity contribution >= 4 is 17.7 Å². The lowest BCUT2D eigenvalue weighted by Crippen LogP contribution is -2.42. The monoisotopic (exact) mass is 335 g/mol. The maximum Gasteiger partial charge on any atom is 0.191 e. The molecule has 2 N–H and O–H groups in total. The van der Waals surface area contributed by atoms with Crippen molar-refractivity contribution in [2.75, 3.05) is 26.5 Å². The molecule has 23 heavy (non-hydrogen) atoms. The minimum atomic E-state index is 0.552. The normalized spacial score (nSPS) is 21.3. The number of benzene rings is 1. The van der Waals surface area contributed by atoms with E-state index < -0.39 is 0 Å². The van der Waals surface area contributed by atoms with Gasteiger partial charge in [-0.3, -0.25) is 4.99 Å². The summed E-state index contributed by atoms with van der Waals surface area (Å²) in [5.41, 5.74) is 1.21. The van der Waals surface area contributed by atoms with Gasteiger partial charge in [0.25, 0.3) is 0 Å². The molecule has 0 saturated heterocycles. The van der Waals surface area contributed by atoms with Crippen LogP contribution in [0.2, 0.25) is 0 Å². The number of ether oxygens (including phenoxy) is 1. The zero-order valence-electron chi connectivity index (χ0n) is 14.5. The van der Waals surface area contributed by atoms with Gasteiger partial charge in [-0.1, -0.05) is 18.2 Å². The van der Waals surface area contributed by atoms with Gasteiger partial charge >= 0.3 is 0 Å². The number of para-hydroxylation sites is 1. The number of nitrogens with one attached hydrogen (secondary N) is 2. The van der Waals surface area contributed by atoms with Crippen LogP contribution in [-0.2, 0) is 6.42 Å². The maximum absolute atomic E-state index is 5.40.